The first-order chi connectivity index (χ1) is 10.1. The van der Waals surface area contributed by atoms with Crippen LogP contribution in [0.1, 0.15) is 0 Å². The lowest BCUT2D eigenvalue weighted by Crippen LogP contribution is -2.48. The van der Waals surface area contributed by atoms with Crippen molar-refractivity contribution in [3.63, 3.8) is 0 Å². The molecule has 0 atom stereocenters. The van der Waals surface area contributed by atoms with E-state index in [0.717, 1.165) is 11.3 Å². The molecule has 3 N–H and O–H groups in total. The number of aromatic amines is 1. The Morgan fingerprint density at radius 3 is 2.48 bits per heavy atom. The van der Waals surface area contributed by atoms with Crippen molar-refractivity contribution in [1.82, 2.24) is 19.6 Å². The zero-order chi connectivity index (χ0) is 14.7. The fourth-order valence-corrected chi connectivity index (χ4v) is 3.46. The van der Waals surface area contributed by atoms with Gasteiger partial charge in [0.2, 0.25) is 0 Å². The maximum absolute atomic E-state index is 12.2. The zero-order valence-electron chi connectivity index (χ0n) is 11.4. The minimum Gasteiger partial charge on any atom is -0.345 e. The third-order valence-corrected chi connectivity index (χ3v) is 4.90. The molecule has 0 spiro atoms. The van der Waals surface area contributed by atoms with Crippen LogP contribution in [0.5, 0.6) is 0 Å². The van der Waals surface area contributed by atoms with Gasteiger partial charge in [-0.3, -0.25) is 4.72 Å². The minimum atomic E-state index is -3.48. The highest BCUT2D eigenvalue weighted by molar-refractivity contribution is 7.90. The number of anilines is 1. The molecule has 1 saturated heterocycles. The number of aromatic nitrogens is 2. The Morgan fingerprint density at radius 1 is 1.14 bits per heavy atom. The molecular weight excluding hydrogens is 290 g/mol. The Bertz CT molecular complexity index is 676. The van der Waals surface area contributed by atoms with E-state index >= 15 is 0 Å². The topological polar surface area (TPSA) is 90.1 Å². The second kappa shape index (κ2) is 5.84. The van der Waals surface area contributed by atoms with Crippen LogP contribution >= 0.6 is 0 Å². The van der Waals surface area contributed by atoms with Gasteiger partial charge >= 0.3 is 10.2 Å². The third-order valence-electron chi connectivity index (χ3n) is 3.36. The minimum absolute atomic E-state index is 0.488. The van der Waals surface area contributed by atoms with Crippen LogP contribution in [0.25, 0.3) is 11.3 Å². The molecule has 1 aliphatic heterocycles. The third kappa shape index (κ3) is 3.23. The maximum Gasteiger partial charge on any atom is 0.301 e. The van der Waals surface area contributed by atoms with E-state index < -0.39 is 10.2 Å². The molecule has 0 amide bonds. The van der Waals surface area contributed by atoms with Crippen molar-refractivity contribution in [3.8, 4) is 11.3 Å². The summed E-state index contributed by atoms with van der Waals surface area (Å²) < 4.78 is 28.5. The molecule has 21 heavy (non-hydrogen) atoms. The number of nitrogens with one attached hydrogen (secondary N) is 3. The summed E-state index contributed by atoms with van der Waals surface area (Å²) in [6.07, 6.45) is 3.33. The van der Waals surface area contributed by atoms with Gasteiger partial charge in [-0.1, -0.05) is 12.1 Å². The molecule has 2 heterocycles. The van der Waals surface area contributed by atoms with Crippen LogP contribution in [0.15, 0.2) is 36.8 Å². The molecule has 112 valence electrons. The van der Waals surface area contributed by atoms with E-state index in [2.05, 4.69) is 20.0 Å². The quantitative estimate of drug-likeness (QED) is 0.773. The van der Waals surface area contributed by atoms with Crippen LogP contribution in [-0.4, -0.2) is 48.9 Å². The van der Waals surface area contributed by atoms with Crippen molar-refractivity contribution < 1.29 is 8.42 Å². The predicted molar refractivity (Wildman–Crippen MR) is 81.0 cm³/mol. The number of hydrogen-bond acceptors (Lipinski definition) is 4. The molecule has 0 radical (unpaired) electrons. The zero-order valence-corrected chi connectivity index (χ0v) is 12.2. The number of hydrogen-bond donors (Lipinski definition) is 3. The van der Waals surface area contributed by atoms with E-state index in [1.165, 1.54) is 4.31 Å². The van der Waals surface area contributed by atoms with Crippen molar-refractivity contribution in [3.05, 3.63) is 36.8 Å². The molecule has 3 rings (SSSR count). The summed E-state index contributed by atoms with van der Waals surface area (Å²) >= 11 is 0. The van der Waals surface area contributed by atoms with Crippen LogP contribution in [0.3, 0.4) is 0 Å². The molecule has 1 aliphatic rings. The van der Waals surface area contributed by atoms with Gasteiger partial charge in [0.25, 0.3) is 0 Å². The van der Waals surface area contributed by atoms with Crippen molar-refractivity contribution in [2.24, 2.45) is 0 Å². The lowest BCUT2D eigenvalue weighted by atomic mass is 10.1. The van der Waals surface area contributed by atoms with E-state index in [1.54, 1.807) is 24.7 Å². The highest BCUT2D eigenvalue weighted by Gasteiger charge is 2.23. The Balaban J connectivity index is 1.72. The molecule has 2 aromatic rings. The molecule has 0 saturated carbocycles. The predicted octanol–water partition coefficient (Wildman–Crippen LogP) is 0.639. The van der Waals surface area contributed by atoms with E-state index in [9.17, 15) is 8.42 Å². The van der Waals surface area contributed by atoms with E-state index in [1.807, 2.05) is 12.1 Å². The number of nitrogens with zero attached hydrogens (tertiary/aromatic N) is 2. The highest BCUT2D eigenvalue weighted by atomic mass is 32.2. The van der Waals surface area contributed by atoms with Gasteiger partial charge in [-0.15, -0.1) is 0 Å². The summed E-state index contributed by atoms with van der Waals surface area (Å²) in [6, 6.07) is 7.19. The second-order valence-electron chi connectivity index (χ2n) is 4.80. The summed E-state index contributed by atoms with van der Waals surface area (Å²) in [5.74, 6) is 0. The number of piperazine rings is 1. The largest absolute Gasteiger partial charge is 0.345 e. The highest BCUT2D eigenvalue weighted by Crippen LogP contribution is 2.20. The van der Waals surface area contributed by atoms with Crippen molar-refractivity contribution in [1.29, 1.82) is 0 Å². The molecule has 0 aliphatic carbocycles. The van der Waals surface area contributed by atoms with Gasteiger partial charge in [0.15, 0.2) is 0 Å². The first kappa shape index (κ1) is 14.1. The molecule has 0 bridgehead atoms. The van der Waals surface area contributed by atoms with Gasteiger partial charge < -0.3 is 10.3 Å². The molecular formula is C13H17N5O2S. The maximum atomic E-state index is 12.2. The van der Waals surface area contributed by atoms with Gasteiger partial charge in [-0.05, 0) is 17.7 Å². The van der Waals surface area contributed by atoms with Crippen LogP contribution in [0.2, 0.25) is 0 Å². The molecule has 0 unspecified atom stereocenters. The van der Waals surface area contributed by atoms with Gasteiger partial charge in [-0.25, -0.2) is 4.98 Å². The average molecular weight is 307 g/mol. The molecule has 1 fully saturated rings. The normalized spacial score (nSPS) is 16.8. The Labute approximate surface area is 123 Å². The smallest absolute Gasteiger partial charge is 0.301 e. The second-order valence-corrected chi connectivity index (χ2v) is 6.47. The van der Waals surface area contributed by atoms with E-state index in [0.29, 0.717) is 31.9 Å². The first-order valence-electron chi connectivity index (χ1n) is 6.72. The standard InChI is InChI=1S/C13H17N5O2S/c19-21(20,18-7-5-14-6-8-18)17-12-3-1-11(2-4-12)13-9-15-10-16-13/h1-4,9-10,14,17H,5-8H2,(H,15,16). The number of H-pyrrole nitrogens is 1. The summed E-state index contributed by atoms with van der Waals surface area (Å²) in [5.41, 5.74) is 2.40. The van der Waals surface area contributed by atoms with Crippen LogP contribution < -0.4 is 10.0 Å². The SMILES string of the molecule is O=S(=O)(Nc1ccc(-c2cnc[nH]2)cc1)N1CCNCC1. The average Bonchev–Trinajstić information content (AvgIpc) is 3.03. The summed E-state index contributed by atoms with van der Waals surface area (Å²) in [4.78, 5) is 6.97. The lowest BCUT2D eigenvalue weighted by Gasteiger charge is -2.26. The van der Waals surface area contributed by atoms with Gasteiger partial charge in [0.1, 0.15) is 0 Å². The van der Waals surface area contributed by atoms with Crippen molar-refractivity contribution in [2.45, 2.75) is 0 Å². The molecule has 7 nitrogen and oxygen atoms in total. The first-order valence-corrected chi connectivity index (χ1v) is 8.16. The van der Waals surface area contributed by atoms with Crippen LogP contribution in [0, 0.1) is 0 Å². The summed E-state index contributed by atoms with van der Waals surface area (Å²) in [7, 11) is -3.48. The van der Waals surface area contributed by atoms with Gasteiger partial charge in [0, 0.05) is 31.9 Å². The fourth-order valence-electron chi connectivity index (χ4n) is 2.23. The number of rotatable bonds is 4. The summed E-state index contributed by atoms with van der Waals surface area (Å²) in [5, 5.41) is 3.13. The fraction of sp³-hybridized carbons (Fsp3) is 0.308. The van der Waals surface area contributed by atoms with Crippen molar-refractivity contribution >= 4 is 15.9 Å². The molecule has 1 aromatic carbocycles. The van der Waals surface area contributed by atoms with Crippen molar-refractivity contribution in [2.75, 3.05) is 30.9 Å². The van der Waals surface area contributed by atoms with E-state index in [-0.39, 0.29) is 0 Å². The molecule has 8 heteroatoms. The monoisotopic (exact) mass is 307 g/mol. The van der Waals surface area contributed by atoms with E-state index in [4.69, 9.17) is 0 Å². The number of imidazole rings is 1. The Hall–Kier alpha value is -1.90. The van der Waals surface area contributed by atoms with Gasteiger partial charge in [0.05, 0.1) is 18.2 Å². The van der Waals surface area contributed by atoms with Crippen LogP contribution in [-0.2, 0) is 10.2 Å². The number of benzene rings is 1. The molecule has 1 aromatic heterocycles. The van der Waals surface area contributed by atoms with Crippen LogP contribution in [0.4, 0.5) is 5.69 Å². The Morgan fingerprint density at radius 2 is 1.86 bits per heavy atom. The lowest BCUT2D eigenvalue weighted by molar-refractivity contribution is 0.362. The van der Waals surface area contributed by atoms with Gasteiger partial charge in [-0.2, -0.15) is 12.7 Å². The Kier molecular flexibility index (Phi) is 3.91. The summed E-state index contributed by atoms with van der Waals surface area (Å²) in [6.45, 7) is 2.34.